The molecule has 1 heterocycles. The number of alkyl carbamates (subject to hydrolysis) is 1. The molecule has 0 saturated carbocycles. The Hall–Kier alpha value is -4.79. The second-order valence-corrected chi connectivity index (χ2v) is 14.2. The molecular weight excluding hydrogens is 616 g/mol. The van der Waals surface area contributed by atoms with Gasteiger partial charge in [0.1, 0.15) is 18.2 Å². The Bertz CT molecular complexity index is 1770. The highest BCUT2D eigenvalue weighted by molar-refractivity contribution is 5.96. The Labute approximate surface area is 288 Å². The van der Waals surface area contributed by atoms with E-state index in [0.29, 0.717) is 0 Å². The van der Waals surface area contributed by atoms with Gasteiger partial charge in [0.15, 0.2) is 5.78 Å². The van der Waals surface area contributed by atoms with Crippen LogP contribution in [-0.2, 0) is 31.2 Å². The first-order valence-electron chi connectivity index (χ1n) is 16.9. The number of amides is 1. The molecule has 0 bridgehead atoms. The zero-order valence-electron chi connectivity index (χ0n) is 28.6. The monoisotopic (exact) mass is 660 g/mol. The van der Waals surface area contributed by atoms with Crippen molar-refractivity contribution >= 4 is 17.8 Å². The fourth-order valence-electron chi connectivity index (χ4n) is 7.53. The number of benzene rings is 4. The van der Waals surface area contributed by atoms with E-state index in [-0.39, 0.29) is 24.9 Å². The number of rotatable bonds is 9. The maximum atomic E-state index is 14.6. The van der Waals surface area contributed by atoms with Crippen molar-refractivity contribution in [2.75, 3.05) is 6.54 Å². The number of carbonyl (C=O) groups excluding carboxylic acids is 3. The van der Waals surface area contributed by atoms with E-state index in [1.165, 1.54) is 0 Å². The molecule has 4 aromatic rings. The number of aliphatic hydroxyl groups is 1. The van der Waals surface area contributed by atoms with Crippen LogP contribution in [-0.4, -0.2) is 58.2 Å². The van der Waals surface area contributed by atoms with Crippen molar-refractivity contribution in [3.63, 3.8) is 0 Å². The van der Waals surface area contributed by atoms with Gasteiger partial charge in [-0.25, -0.2) is 4.79 Å². The van der Waals surface area contributed by atoms with Crippen molar-refractivity contribution < 1.29 is 29.0 Å². The Kier molecular flexibility index (Phi) is 9.47. The predicted octanol–water partition coefficient (Wildman–Crippen LogP) is 6.48. The number of carbonyl (C=O) groups is 3. The first kappa shape index (κ1) is 34.1. The van der Waals surface area contributed by atoms with E-state index < -0.39 is 47.3 Å². The van der Waals surface area contributed by atoms with E-state index in [0.717, 1.165) is 33.4 Å². The zero-order chi connectivity index (χ0) is 34.9. The largest absolute Gasteiger partial charge is 0.460 e. The van der Waals surface area contributed by atoms with E-state index in [9.17, 15) is 19.5 Å². The molecule has 1 aliphatic carbocycles. The summed E-state index contributed by atoms with van der Waals surface area (Å²) in [4.78, 5) is 44.0. The molecular formula is C41H44N2O6. The van der Waals surface area contributed by atoms with Crippen molar-refractivity contribution in [1.29, 1.82) is 0 Å². The smallest absolute Gasteiger partial charge is 0.407 e. The number of esters is 1. The van der Waals surface area contributed by atoms with E-state index in [4.69, 9.17) is 9.47 Å². The third-order valence-electron chi connectivity index (χ3n) is 9.52. The summed E-state index contributed by atoms with van der Waals surface area (Å²) in [6, 6.07) is 33.2. The third kappa shape index (κ3) is 6.38. The molecule has 254 valence electrons. The van der Waals surface area contributed by atoms with Gasteiger partial charge in [0.05, 0.1) is 30.1 Å². The minimum Gasteiger partial charge on any atom is -0.460 e. The summed E-state index contributed by atoms with van der Waals surface area (Å²) in [5, 5.41) is 15.0. The van der Waals surface area contributed by atoms with Gasteiger partial charge < -0.3 is 19.9 Å². The van der Waals surface area contributed by atoms with Crippen LogP contribution in [0.1, 0.15) is 56.9 Å². The fraction of sp³-hybridized carbons (Fsp3) is 0.341. The lowest BCUT2D eigenvalue weighted by atomic mass is 9.77. The molecule has 2 aliphatic rings. The molecule has 8 nitrogen and oxygen atoms in total. The van der Waals surface area contributed by atoms with Gasteiger partial charge in [-0.1, -0.05) is 123 Å². The van der Waals surface area contributed by atoms with Gasteiger partial charge in [-0.3, -0.25) is 14.5 Å². The molecule has 1 aliphatic heterocycles. The van der Waals surface area contributed by atoms with Crippen molar-refractivity contribution in [3.05, 3.63) is 131 Å². The molecule has 4 atom stereocenters. The van der Waals surface area contributed by atoms with Crippen LogP contribution in [0, 0.1) is 11.8 Å². The fourth-order valence-corrected chi connectivity index (χ4v) is 7.53. The quantitative estimate of drug-likeness (QED) is 0.198. The van der Waals surface area contributed by atoms with E-state index in [1.807, 2.05) is 116 Å². The molecule has 1 amide bonds. The van der Waals surface area contributed by atoms with Gasteiger partial charge in [0.2, 0.25) is 0 Å². The normalized spacial score (nSPS) is 19.5. The first-order valence-corrected chi connectivity index (χ1v) is 16.9. The average Bonchev–Trinajstić information content (AvgIpc) is 3.58. The predicted molar refractivity (Wildman–Crippen MR) is 187 cm³/mol. The Balaban J connectivity index is 1.51. The lowest BCUT2D eigenvalue weighted by molar-refractivity contribution is -0.156. The van der Waals surface area contributed by atoms with Gasteiger partial charge in [-0.15, -0.1) is 0 Å². The van der Waals surface area contributed by atoms with Crippen molar-refractivity contribution in [2.24, 2.45) is 11.8 Å². The molecule has 8 heteroatoms. The Morgan fingerprint density at radius 3 is 1.94 bits per heavy atom. The van der Waals surface area contributed by atoms with Crippen LogP contribution in [0.4, 0.5) is 4.79 Å². The minimum atomic E-state index is -1.43. The number of likely N-dealkylation sites (tertiary alicyclic amines) is 1. The highest BCUT2D eigenvalue weighted by atomic mass is 16.6. The second kappa shape index (κ2) is 13.6. The Morgan fingerprint density at radius 2 is 1.39 bits per heavy atom. The van der Waals surface area contributed by atoms with Gasteiger partial charge in [0, 0.05) is 0 Å². The van der Waals surface area contributed by atoms with Gasteiger partial charge in [-0.05, 0) is 60.1 Å². The van der Waals surface area contributed by atoms with Crippen LogP contribution in [0.25, 0.3) is 11.1 Å². The molecule has 0 radical (unpaired) electrons. The van der Waals surface area contributed by atoms with Gasteiger partial charge in [-0.2, -0.15) is 0 Å². The van der Waals surface area contributed by atoms with Crippen LogP contribution in [0.3, 0.4) is 0 Å². The van der Waals surface area contributed by atoms with Gasteiger partial charge in [0.25, 0.3) is 0 Å². The van der Waals surface area contributed by atoms with Crippen molar-refractivity contribution in [1.82, 2.24) is 10.2 Å². The SMILES string of the molecule is CC(C)C(NC(=O)OC(C)(C)C)C(O)C1C(=O)CN(C2(c3ccccc3)c3ccccc3-c3ccccc32)[C@@H]1C(=O)OCc1ccccc1. The number of aliphatic hydroxyl groups excluding tert-OH is 1. The number of hydrogen-bond acceptors (Lipinski definition) is 7. The highest BCUT2D eigenvalue weighted by Gasteiger charge is 2.61. The molecule has 4 aromatic carbocycles. The number of ketones is 1. The molecule has 1 fully saturated rings. The molecule has 0 spiro atoms. The van der Waals surface area contributed by atoms with Crippen molar-refractivity contribution in [2.45, 2.75) is 70.6 Å². The molecule has 49 heavy (non-hydrogen) atoms. The summed E-state index contributed by atoms with van der Waals surface area (Å²) >= 11 is 0. The lowest BCUT2D eigenvalue weighted by Gasteiger charge is -2.44. The number of hydrogen-bond donors (Lipinski definition) is 2. The zero-order valence-corrected chi connectivity index (χ0v) is 28.6. The minimum absolute atomic E-state index is 0.00367. The number of Topliss-reactive ketones (excluding diaryl/α,β-unsaturated/α-hetero) is 1. The van der Waals surface area contributed by atoms with Crippen LogP contribution >= 0.6 is 0 Å². The summed E-state index contributed by atoms with van der Waals surface area (Å²) in [6.07, 6.45) is -2.14. The maximum Gasteiger partial charge on any atom is 0.407 e. The number of ether oxygens (including phenoxy) is 2. The van der Waals surface area contributed by atoms with Crippen LogP contribution in [0.2, 0.25) is 0 Å². The molecule has 6 rings (SSSR count). The number of fused-ring (bicyclic) bond motifs is 3. The summed E-state index contributed by atoms with van der Waals surface area (Å²) in [5.41, 5.74) is 3.69. The second-order valence-electron chi connectivity index (χ2n) is 14.2. The summed E-state index contributed by atoms with van der Waals surface area (Å²) in [5.74, 6) is -2.47. The van der Waals surface area contributed by atoms with Gasteiger partial charge >= 0.3 is 12.1 Å². The van der Waals surface area contributed by atoms with E-state index in [2.05, 4.69) is 17.4 Å². The third-order valence-corrected chi connectivity index (χ3v) is 9.52. The average molecular weight is 661 g/mol. The molecule has 1 saturated heterocycles. The summed E-state index contributed by atoms with van der Waals surface area (Å²) in [6.45, 7) is 8.82. The molecule has 3 unspecified atom stereocenters. The van der Waals surface area contributed by atoms with E-state index >= 15 is 0 Å². The lowest BCUT2D eigenvalue weighted by Crippen LogP contribution is -2.58. The summed E-state index contributed by atoms with van der Waals surface area (Å²) < 4.78 is 11.5. The van der Waals surface area contributed by atoms with E-state index in [1.54, 1.807) is 20.8 Å². The number of nitrogens with zero attached hydrogens (tertiary/aromatic N) is 1. The van der Waals surface area contributed by atoms with Crippen LogP contribution in [0.15, 0.2) is 109 Å². The standard InChI is InChI=1S/C41H44N2O6/c1-26(2)35(42-39(47)49-40(3,4)5)37(45)34-33(44)24-43(36(34)38(46)48-25-27-16-8-6-9-17-27)41(28-18-10-7-11-19-28)31-22-14-12-20-29(31)30-21-13-15-23-32(30)41/h6-23,26,34-37,45H,24-25H2,1-5H3,(H,42,47)/t34?,35?,36-,37?/m0/s1. The summed E-state index contributed by atoms with van der Waals surface area (Å²) in [7, 11) is 0. The molecule has 0 aromatic heterocycles. The Morgan fingerprint density at radius 1 is 0.857 bits per heavy atom. The van der Waals surface area contributed by atoms with Crippen molar-refractivity contribution in [3.8, 4) is 11.1 Å². The maximum absolute atomic E-state index is 14.6. The molecule has 2 N–H and O–H groups in total. The van der Waals surface area contributed by atoms with Crippen LogP contribution in [0.5, 0.6) is 0 Å². The topological polar surface area (TPSA) is 105 Å². The number of nitrogens with one attached hydrogen (secondary N) is 1. The first-order chi connectivity index (χ1) is 23.4. The highest BCUT2D eigenvalue weighted by Crippen LogP contribution is 2.56. The van der Waals surface area contributed by atoms with Crippen LogP contribution < -0.4 is 5.32 Å².